The van der Waals surface area contributed by atoms with Gasteiger partial charge in [0.2, 0.25) is 11.8 Å². The second-order valence-corrected chi connectivity index (χ2v) is 13.6. The molecule has 0 aliphatic rings. The number of sulfonamides is 1. The van der Waals surface area contributed by atoms with Gasteiger partial charge in [-0.05, 0) is 62.7 Å². The van der Waals surface area contributed by atoms with Crippen molar-refractivity contribution in [1.82, 2.24) is 10.2 Å². The highest BCUT2D eigenvalue weighted by molar-refractivity contribution is 7.92. The summed E-state index contributed by atoms with van der Waals surface area (Å²) in [5, 5.41) is 3.16. The molecule has 0 unspecified atom stereocenters. The molecule has 0 aromatic heterocycles. The Hall–Kier alpha value is -3.92. The molecule has 45 heavy (non-hydrogen) atoms. The van der Waals surface area contributed by atoms with Gasteiger partial charge in [-0.25, -0.2) is 12.8 Å². The van der Waals surface area contributed by atoms with Crippen LogP contribution in [0.25, 0.3) is 0 Å². The van der Waals surface area contributed by atoms with Crippen molar-refractivity contribution in [2.24, 2.45) is 0 Å². The van der Waals surface area contributed by atoms with Crippen molar-refractivity contribution in [1.29, 1.82) is 0 Å². The van der Waals surface area contributed by atoms with Crippen LogP contribution in [0.4, 0.5) is 10.1 Å². The summed E-state index contributed by atoms with van der Waals surface area (Å²) in [6.07, 6.45) is 0.108. The third-order valence-corrected chi connectivity index (χ3v) is 9.61. The minimum atomic E-state index is -4.32. The molecule has 7 nitrogen and oxygen atoms in total. The summed E-state index contributed by atoms with van der Waals surface area (Å²) in [6, 6.07) is 24.1. The second-order valence-electron chi connectivity index (χ2n) is 10.9. The first kappa shape index (κ1) is 34.0. The van der Waals surface area contributed by atoms with Gasteiger partial charge in [0.1, 0.15) is 18.4 Å². The van der Waals surface area contributed by atoms with E-state index in [0.717, 1.165) is 15.4 Å². The molecule has 0 aliphatic carbocycles. The van der Waals surface area contributed by atoms with Gasteiger partial charge in [0.25, 0.3) is 10.0 Å². The average molecular weight is 671 g/mol. The molecule has 0 radical (unpaired) electrons. The topological polar surface area (TPSA) is 86.8 Å². The van der Waals surface area contributed by atoms with Crippen LogP contribution in [0.5, 0.6) is 0 Å². The number of anilines is 1. The third-order valence-electron chi connectivity index (χ3n) is 7.08. The molecule has 0 aliphatic heterocycles. The van der Waals surface area contributed by atoms with E-state index < -0.39 is 40.2 Å². The summed E-state index contributed by atoms with van der Waals surface area (Å²) >= 11 is 12.4. The zero-order chi connectivity index (χ0) is 32.7. The second kappa shape index (κ2) is 14.9. The number of aryl methyl sites for hydroxylation is 1. The number of halogens is 3. The van der Waals surface area contributed by atoms with Gasteiger partial charge in [-0.2, -0.15) is 0 Å². The Morgan fingerprint density at radius 2 is 1.51 bits per heavy atom. The summed E-state index contributed by atoms with van der Waals surface area (Å²) < 4.78 is 44.1. The fourth-order valence-electron chi connectivity index (χ4n) is 4.75. The van der Waals surface area contributed by atoms with E-state index in [2.05, 4.69) is 5.32 Å². The zero-order valence-electron chi connectivity index (χ0n) is 25.1. The maximum Gasteiger partial charge on any atom is 0.264 e. The van der Waals surface area contributed by atoms with Crippen molar-refractivity contribution in [3.63, 3.8) is 0 Å². The Morgan fingerprint density at radius 3 is 2.13 bits per heavy atom. The summed E-state index contributed by atoms with van der Waals surface area (Å²) in [7, 11) is -4.32. The maximum atomic E-state index is 15.0. The molecule has 0 saturated heterocycles. The van der Waals surface area contributed by atoms with Gasteiger partial charge in [-0.1, -0.05) is 89.4 Å². The van der Waals surface area contributed by atoms with Crippen molar-refractivity contribution < 1.29 is 22.4 Å². The van der Waals surface area contributed by atoms with Crippen LogP contribution < -0.4 is 9.62 Å². The summed E-state index contributed by atoms with van der Waals surface area (Å²) in [5.74, 6) is -1.74. The average Bonchev–Trinajstić information content (AvgIpc) is 3.00. The van der Waals surface area contributed by atoms with Gasteiger partial charge in [0.05, 0.1) is 20.6 Å². The van der Waals surface area contributed by atoms with Crippen molar-refractivity contribution in [2.75, 3.05) is 10.8 Å². The number of rotatable bonds is 12. The van der Waals surface area contributed by atoms with Crippen LogP contribution in [-0.4, -0.2) is 43.8 Å². The SMILES string of the molecule is Cc1ccc(S(=O)(=O)N(CC(=O)N(Cc2ccccc2F)[C@@H](Cc2ccccc2)C(=O)NC(C)C)c2ccc(Cl)c(Cl)c2)cc1. The van der Waals surface area contributed by atoms with Gasteiger partial charge in [0, 0.05) is 24.6 Å². The molecule has 2 amide bonds. The fourth-order valence-corrected chi connectivity index (χ4v) is 6.45. The smallest absolute Gasteiger partial charge is 0.264 e. The van der Waals surface area contributed by atoms with E-state index in [0.29, 0.717) is 0 Å². The quantitative estimate of drug-likeness (QED) is 0.180. The van der Waals surface area contributed by atoms with E-state index in [-0.39, 0.29) is 45.2 Å². The number of benzene rings is 4. The molecular formula is C34H34Cl2FN3O4S. The van der Waals surface area contributed by atoms with E-state index in [9.17, 15) is 22.4 Å². The maximum absolute atomic E-state index is 15.0. The van der Waals surface area contributed by atoms with Gasteiger partial charge in [0.15, 0.2) is 0 Å². The largest absolute Gasteiger partial charge is 0.352 e. The zero-order valence-corrected chi connectivity index (χ0v) is 27.4. The van der Waals surface area contributed by atoms with Crippen LogP contribution in [0, 0.1) is 12.7 Å². The lowest BCUT2D eigenvalue weighted by atomic mass is 10.0. The van der Waals surface area contributed by atoms with Crippen LogP contribution in [-0.2, 0) is 32.6 Å². The monoisotopic (exact) mass is 669 g/mol. The molecule has 0 fully saturated rings. The molecule has 4 rings (SSSR count). The van der Waals surface area contributed by atoms with Crippen LogP contribution in [0.2, 0.25) is 10.0 Å². The Kier molecular flexibility index (Phi) is 11.3. The summed E-state index contributed by atoms with van der Waals surface area (Å²) in [6.45, 7) is 4.42. The molecule has 0 spiro atoms. The molecular weight excluding hydrogens is 636 g/mol. The van der Waals surface area contributed by atoms with E-state index >= 15 is 0 Å². The lowest BCUT2D eigenvalue weighted by molar-refractivity contribution is -0.140. The van der Waals surface area contributed by atoms with Crippen LogP contribution in [0.3, 0.4) is 0 Å². The standard InChI is InChI=1S/C34H34Cl2FN3O4S/c1-23(2)38-34(42)32(19-25-9-5-4-6-10-25)39(21-26-11-7-8-12-31(26)37)33(41)22-40(27-15-18-29(35)30(36)20-27)45(43,44)28-16-13-24(3)14-17-28/h4-18,20,23,32H,19,21-22H2,1-3H3,(H,38,42)/t32-/m0/s1. The first-order chi connectivity index (χ1) is 21.4. The van der Waals surface area contributed by atoms with Gasteiger partial charge in [-0.15, -0.1) is 0 Å². The predicted octanol–water partition coefficient (Wildman–Crippen LogP) is 6.80. The molecule has 1 N–H and O–H groups in total. The highest BCUT2D eigenvalue weighted by Crippen LogP contribution is 2.31. The molecule has 0 saturated carbocycles. The number of nitrogens with one attached hydrogen (secondary N) is 1. The highest BCUT2D eigenvalue weighted by atomic mass is 35.5. The van der Waals surface area contributed by atoms with E-state index in [1.54, 1.807) is 32.0 Å². The Bertz CT molecular complexity index is 1750. The lowest BCUT2D eigenvalue weighted by Crippen LogP contribution is -2.54. The predicted molar refractivity (Wildman–Crippen MR) is 176 cm³/mol. The molecule has 1 atom stereocenters. The van der Waals surface area contributed by atoms with E-state index in [1.165, 1.54) is 53.4 Å². The Balaban J connectivity index is 1.83. The van der Waals surface area contributed by atoms with Gasteiger partial charge in [-0.3, -0.25) is 13.9 Å². The summed E-state index contributed by atoms with van der Waals surface area (Å²) in [5.41, 5.74) is 1.88. The Labute approximate surface area is 273 Å². The fraction of sp³-hybridized carbons (Fsp3) is 0.235. The first-order valence-corrected chi connectivity index (χ1v) is 16.5. The number of nitrogens with zero attached hydrogens (tertiary/aromatic N) is 2. The third kappa shape index (κ3) is 8.63. The van der Waals surface area contributed by atoms with Crippen molar-refractivity contribution in [3.05, 3.63) is 130 Å². The van der Waals surface area contributed by atoms with Crippen molar-refractivity contribution in [3.8, 4) is 0 Å². The normalized spacial score (nSPS) is 12.1. The minimum absolute atomic E-state index is 0.0500. The number of amides is 2. The van der Waals surface area contributed by atoms with E-state index in [4.69, 9.17) is 23.2 Å². The first-order valence-electron chi connectivity index (χ1n) is 14.3. The molecule has 236 valence electrons. The van der Waals surface area contributed by atoms with Crippen molar-refractivity contribution in [2.45, 2.75) is 50.7 Å². The van der Waals surface area contributed by atoms with Crippen LogP contribution in [0.1, 0.15) is 30.5 Å². The molecule has 0 bridgehead atoms. The lowest BCUT2D eigenvalue weighted by Gasteiger charge is -2.34. The minimum Gasteiger partial charge on any atom is -0.352 e. The number of hydrogen-bond acceptors (Lipinski definition) is 4. The summed E-state index contributed by atoms with van der Waals surface area (Å²) in [4.78, 5) is 29.3. The van der Waals surface area contributed by atoms with Crippen LogP contribution >= 0.6 is 23.2 Å². The molecule has 0 heterocycles. The van der Waals surface area contributed by atoms with Gasteiger partial charge >= 0.3 is 0 Å². The number of carbonyl (C=O) groups excluding carboxylic acids is 2. The Morgan fingerprint density at radius 1 is 0.867 bits per heavy atom. The number of hydrogen-bond donors (Lipinski definition) is 1. The van der Waals surface area contributed by atoms with E-state index in [1.807, 2.05) is 37.3 Å². The highest BCUT2D eigenvalue weighted by Gasteiger charge is 2.35. The number of carbonyl (C=O) groups is 2. The van der Waals surface area contributed by atoms with Crippen LogP contribution in [0.15, 0.2) is 102 Å². The van der Waals surface area contributed by atoms with Gasteiger partial charge < -0.3 is 10.2 Å². The molecule has 4 aromatic rings. The van der Waals surface area contributed by atoms with Crippen molar-refractivity contribution >= 4 is 50.7 Å². The molecule has 4 aromatic carbocycles. The molecule has 11 heteroatoms.